The molecular formula is C17H20N4O. The van der Waals surface area contributed by atoms with E-state index in [9.17, 15) is 4.79 Å². The number of rotatable bonds is 5. The van der Waals surface area contributed by atoms with Crippen LogP contribution in [0.5, 0.6) is 0 Å². The Bertz CT molecular complexity index is 630. The topological polar surface area (TPSA) is 66.0 Å². The Morgan fingerprint density at radius 1 is 1.14 bits per heavy atom. The minimum absolute atomic E-state index is 0.121. The predicted octanol–water partition coefficient (Wildman–Crippen LogP) is 2.48. The van der Waals surface area contributed by atoms with E-state index >= 15 is 0 Å². The quantitative estimate of drug-likeness (QED) is 0.743. The fraction of sp³-hybridized carbons (Fsp3) is 0.294. The van der Waals surface area contributed by atoms with Gasteiger partial charge in [0.2, 0.25) is 0 Å². The van der Waals surface area contributed by atoms with Gasteiger partial charge in [0.1, 0.15) is 5.82 Å². The third kappa shape index (κ3) is 3.55. The molecule has 0 bridgehead atoms. The molecule has 5 nitrogen and oxygen atoms in total. The SMILES string of the molecule is O=C(NCCNc1ccccn1)NC1CCc2ccccc21. The van der Waals surface area contributed by atoms with E-state index in [4.69, 9.17) is 0 Å². The van der Waals surface area contributed by atoms with Gasteiger partial charge in [0.25, 0.3) is 0 Å². The van der Waals surface area contributed by atoms with E-state index in [-0.39, 0.29) is 12.1 Å². The molecule has 0 saturated heterocycles. The molecule has 3 rings (SSSR count). The van der Waals surface area contributed by atoms with Crippen LogP contribution in [0.2, 0.25) is 0 Å². The maximum absolute atomic E-state index is 12.0. The summed E-state index contributed by atoms with van der Waals surface area (Å²) in [5.41, 5.74) is 2.58. The molecule has 0 saturated carbocycles. The molecule has 3 N–H and O–H groups in total. The Balaban J connectivity index is 1.40. The Kier molecular flexibility index (Phi) is 4.53. The van der Waals surface area contributed by atoms with E-state index in [1.54, 1.807) is 6.20 Å². The van der Waals surface area contributed by atoms with Gasteiger partial charge in [0, 0.05) is 19.3 Å². The fourth-order valence-electron chi connectivity index (χ4n) is 2.75. The van der Waals surface area contributed by atoms with Gasteiger partial charge in [-0.25, -0.2) is 9.78 Å². The van der Waals surface area contributed by atoms with Crippen LogP contribution in [-0.4, -0.2) is 24.1 Å². The lowest BCUT2D eigenvalue weighted by Gasteiger charge is -2.15. The fourth-order valence-corrected chi connectivity index (χ4v) is 2.75. The van der Waals surface area contributed by atoms with Crippen molar-refractivity contribution in [3.8, 4) is 0 Å². The zero-order chi connectivity index (χ0) is 15.2. The number of amides is 2. The highest BCUT2D eigenvalue weighted by Gasteiger charge is 2.22. The summed E-state index contributed by atoms with van der Waals surface area (Å²) in [6.07, 6.45) is 3.74. The van der Waals surface area contributed by atoms with Crippen molar-refractivity contribution in [2.45, 2.75) is 18.9 Å². The average molecular weight is 296 g/mol. The van der Waals surface area contributed by atoms with E-state index < -0.39 is 0 Å². The first kappa shape index (κ1) is 14.4. The van der Waals surface area contributed by atoms with Gasteiger partial charge in [-0.2, -0.15) is 0 Å². The Morgan fingerprint density at radius 3 is 2.86 bits per heavy atom. The van der Waals surface area contributed by atoms with Crippen LogP contribution in [0.3, 0.4) is 0 Å². The lowest BCUT2D eigenvalue weighted by Crippen LogP contribution is -2.39. The number of aromatic nitrogens is 1. The van der Waals surface area contributed by atoms with Crippen molar-refractivity contribution in [3.63, 3.8) is 0 Å². The monoisotopic (exact) mass is 296 g/mol. The summed E-state index contributed by atoms with van der Waals surface area (Å²) < 4.78 is 0. The summed E-state index contributed by atoms with van der Waals surface area (Å²) in [4.78, 5) is 16.1. The number of benzene rings is 1. The first-order valence-electron chi connectivity index (χ1n) is 7.60. The van der Waals surface area contributed by atoms with Crippen LogP contribution in [0.1, 0.15) is 23.6 Å². The molecule has 1 unspecified atom stereocenters. The predicted molar refractivity (Wildman–Crippen MR) is 86.8 cm³/mol. The highest BCUT2D eigenvalue weighted by atomic mass is 16.2. The summed E-state index contributed by atoms with van der Waals surface area (Å²) in [5.74, 6) is 0.814. The number of anilines is 1. The molecule has 2 amide bonds. The van der Waals surface area contributed by atoms with E-state index in [0.29, 0.717) is 13.1 Å². The molecule has 0 fully saturated rings. The average Bonchev–Trinajstić information content (AvgIpc) is 2.96. The van der Waals surface area contributed by atoms with E-state index in [1.165, 1.54) is 11.1 Å². The van der Waals surface area contributed by atoms with Gasteiger partial charge in [-0.05, 0) is 36.1 Å². The molecule has 1 aliphatic carbocycles. The normalized spacial score (nSPS) is 15.9. The third-order valence-electron chi connectivity index (χ3n) is 3.82. The smallest absolute Gasteiger partial charge is 0.315 e. The Labute approximate surface area is 130 Å². The number of urea groups is 1. The second-order valence-corrected chi connectivity index (χ2v) is 5.33. The number of nitrogens with one attached hydrogen (secondary N) is 3. The van der Waals surface area contributed by atoms with Crippen LogP contribution in [0.4, 0.5) is 10.6 Å². The van der Waals surface area contributed by atoms with Crippen LogP contribution in [0.15, 0.2) is 48.7 Å². The number of aryl methyl sites for hydroxylation is 1. The minimum atomic E-state index is -0.121. The standard InChI is InChI=1S/C17H20N4O/c22-17(20-12-11-19-16-7-3-4-10-18-16)21-15-9-8-13-5-1-2-6-14(13)15/h1-7,10,15H,8-9,11-12H2,(H,18,19)(H2,20,21,22). The summed E-state index contributed by atoms with van der Waals surface area (Å²) >= 11 is 0. The molecule has 2 aromatic rings. The Hall–Kier alpha value is -2.56. The van der Waals surface area contributed by atoms with Gasteiger partial charge >= 0.3 is 6.03 Å². The van der Waals surface area contributed by atoms with Crippen LogP contribution >= 0.6 is 0 Å². The summed E-state index contributed by atoms with van der Waals surface area (Å²) in [6.45, 7) is 1.20. The minimum Gasteiger partial charge on any atom is -0.368 e. The van der Waals surface area contributed by atoms with Gasteiger partial charge in [0.15, 0.2) is 0 Å². The van der Waals surface area contributed by atoms with Crippen LogP contribution < -0.4 is 16.0 Å². The first-order chi connectivity index (χ1) is 10.8. The van der Waals surface area contributed by atoms with E-state index in [1.807, 2.05) is 30.3 Å². The molecule has 1 heterocycles. The second kappa shape index (κ2) is 6.93. The summed E-state index contributed by atoms with van der Waals surface area (Å²) in [6, 6.07) is 14.0. The number of hydrogen-bond donors (Lipinski definition) is 3. The molecule has 114 valence electrons. The molecule has 0 spiro atoms. The van der Waals surface area contributed by atoms with E-state index in [0.717, 1.165) is 18.7 Å². The van der Waals surface area contributed by atoms with Gasteiger partial charge in [-0.3, -0.25) is 0 Å². The lowest BCUT2D eigenvalue weighted by molar-refractivity contribution is 0.237. The van der Waals surface area contributed by atoms with Crippen molar-refractivity contribution >= 4 is 11.8 Å². The lowest BCUT2D eigenvalue weighted by atomic mass is 10.1. The number of carbonyl (C=O) groups is 1. The molecule has 5 heteroatoms. The largest absolute Gasteiger partial charge is 0.368 e. The molecular weight excluding hydrogens is 276 g/mol. The summed E-state index contributed by atoms with van der Waals surface area (Å²) in [7, 11) is 0. The van der Waals surface area contributed by atoms with Crippen molar-refractivity contribution in [1.29, 1.82) is 0 Å². The number of carbonyl (C=O) groups excluding carboxylic acids is 1. The van der Waals surface area contributed by atoms with Crippen molar-refractivity contribution in [2.24, 2.45) is 0 Å². The highest BCUT2D eigenvalue weighted by molar-refractivity contribution is 5.74. The zero-order valence-corrected chi connectivity index (χ0v) is 12.4. The maximum atomic E-state index is 12.0. The molecule has 1 aromatic carbocycles. The van der Waals surface area contributed by atoms with Gasteiger partial charge in [-0.15, -0.1) is 0 Å². The highest BCUT2D eigenvalue weighted by Crippen LogP contribution is 2.30. The Morgan fingerprint density at radius 2 is 2.00 bits per heavy atom. The van der Waals surface area contributed by atoms with E-state index in [2.05, 4.69) is 33.1 Å². The van der Waals surface area contributed by atoms with Gasteiger partial charge in [0.05, 0.1) is 6.04 Å². The van der Waals surface area contributed by atoms with Crippen LogP contribution in [0, 0.1) is 0 Å². The van der Waals surface area contributed by atoms with Crippen LogP contribution in [-0.2, 0) is 6.42 Å². The molecule has 22 heavy (non-hydrogen) atoms. The third-order valence-corrected chi connectivity index (χ3v) is 3.82. The van der Waals surface area contributed by atoms with Crippen molar-refractivity contribution < 1.29 is 4.79 Å². The zero-order valence-electron chi connectivity index (χ0n) is 12.4. The molecule has 0 radical (unpaired) electrons. The van der Waals surface area contributed by atoms with Crippen molar-refractivity contribution in [2.75, 3.05) is 18.4 Å². The van der Waals surface area contributed by atoms with Crippen LogP contribution in [0.25, 0.3) is 0 Å². The van der Waals surface area contributed by atoms with Gasteiger partial charge in [-0.1, -0.05) is 30.3 Å². The number of hydrogen-bond acceptors (Lipinski definition) is 3. The molecule has 1 aromatic heterocycles. The first-order valence-corrected chi connectivity index (χ1v) is 7.60. The number of nitrogens with zero attached hydrogens (tertiary/aromatic N) is 1. The maximum Gasteiger partial charge on any atom is 0.315 e. The van der Waals surface area contributed by atoms with Crippen molar-refractivity contribution in [1.82, 2.24) is 15.6 Å². The number of pyridine rings is 1. The van der Waals surface area contributed by atoms with Gasteiger partial charge < -0.3 is 16.0 Å². The molecule has 0 aliphatic heterocycles. The van der Waals surface area contributed by atoms with Crippen molar-refractivity contribution in [3.05, 3.63) is 59.8 Å². The number of fused-ring (bicyclic) bond motifs is 1. The molecule has 1 atom stereocenters. The second-order valence-electron chi connectivity index (χ2n) is 5.33. The summed E-state index contributed by atoms with van der Waals surface area (Å²) in [5, 5.41) is 9.07. The molecule has 1 aliphatic rings.